The van der Waals surface area contributed by atoms with E-state index < -0.39 is 0 Å². The molecule has 19 heavy (non-hydrogen) atoms. The molecule has 1 amide bonds. The summed E-state index contributed by atoms with van der Waals surface area (Å²) in [6.07, 6.45) is 1.62. The van der Waals surface area contributed by atoms with Crippen molar-refractivity contribution in [1.82, 2.24) is 9.55 Å². The van der Waals surface area contributed by atoms with Crippen LogP contribution in [0.4, 0.5) is 5.69 Å². The summed E-state index contributed by atoms with van der Waals surface area (Å²) in [4.78, 5) is 16.1. The Morgan fingerprint density at radius 1 is 1.32 bits per heavy atom. The number of hydrogen-bond acceptors (Lipinski definition) is 3. The van der Waals surface area contributed by atoms with Crippen molar-refractivity contribution < 1.29 is 9.53 Å². The molecule has 1 N–H and O–H groups in total. The van der Waals surface area contributed by atoms with Crippen LogP contribution in [0.3, 0.4) is 0 Å². The Kier molecular flexibility index (Phi) is 3.85. The summed E-state index contributed by atoms with van der Waals surface area (Å²) >= 11 is 0. The quantitative estimate of drug-likeness (QED) is 0.915. The van der Waals surface area contributed by atoms with Gasteiger partial charge in [0.15, 0.2) is 0 Å². The monoisotopic (exact) mass is 259 g/mol. The molecule has 0 fully saturated rings. The number of nitrogens with one attached hydrogen (secondary N) is 1. The molecule has 2 aromatic rings. The number of aromatic nitrogens is 2. The molecule has 0 saturated heterocycles. The fourth-order valence-corrected chi connectivity index (χ4v) is 1.93. The highest BCUT2D eigenvalue weighted by molar-refractivity contribution is 5.91. The Bertz CT molecular complexity index is 571. The van der Waals surface area contributed by atoms with E-state index in [4.69, 9.17) is 4.74 Å². The number of hydrogen-bond donors (Lipinski definition) is 1. The first kappa shape index (κ1) is 13.1. The van der Waals surface area contributed by atoms with Crippen molar-refractivity contribution in [2.24, 2.45) is 0 Å². The average Bonchev–Trinajstić information content (AvgIpc) is 2.71. The first-order chi connectivity index (χ1) is 9.11. The van der Waals surface area contributed by atoms with Gasteiger partial charge in [-0.1, -0.05) is 0 Å². The number of amides is 1. The summed E-state index contributed by atoms with van der Waals surface area (Å²) < 4.78 is 7.05. The van der Waals surface area contributed by atoms with Crippen molar-refractivity contribution in [2.75, 3.05) is 12.4 Å². The zero-order valence-electron chi connectivity index (χ0n) is 11.3. The normalized spacial score (nSPS) is 10.3. The van der Waals surface area contributed by atoms with Gasteiger partial charge < -0.3 is 14.6 Å². The summed E-state index contributed by atoms with van der Waals surface area (Å²) in [5, 5.41) is 2.81. The van der Waals surface area contributed by atoms with E-state index in [0.29, 0.717) is 11.6 Å². The van der Waals surface area contributed by atoms with Crippen molar-refractivity contribution in [3.05, 3.63) is 41.9 Å². The zero-order valence-corrected chi connectivity index (χ0v) is 11.3. The average molecular weight is 259 g/mol. The number of anilines is 1. The Balaban J connectivity index is 2.10. The number of rotatable bonds is 4. The van der Waals surface area contributed by atoms with E-state index in [2.05, 4.69) is 10.3 Å². The number of carbonyl (C=O) groups excluding carboxylic acids is 1. The van der Waals surface area contributed by atoms with Crippen molar-refractivity contribution in [1.29, 1.82) is 0 Å². The van der Waals surface area contributed by atoms with Crippen molar-refractivity contribution in [3.63, 3.8) is 0 Å². The topological polar surface area (TPSA) is 56.1 Å². The van der Waals surface area contributed by atoms with Gasteiger partial charge in [0.25, 0.3) is 0 Å². The van der Waals surface area contributed by atoms with Crippen LogP contribution in [0.1, 0.15) is 11.4 Å². The summed E-state index contributed by atoms with van der Waals surface area (Å²) in [6.45, 7) is 4.23. The molecule has 100 valence electrons. The van der Waals surface area contributed by atoms with Crippen LogP contribution in [-0.2, 0) is 11.3 Å². The predicted octanol–water partition coefficient (Wildman–Crippen LogP) is 2.15. The SMILES string of the molecule is COc1ncccc1NC(=O)Cn1c(C)ccc1C. The molecule has 5 nitrogen and oxygen atoms in total. The molecule has 2 rings (SSSR count). The van der Waals surface area contributed by atoms with Crippen molar-refractivity contribution in [3.8, 4) is 5.88 Å². The Morgan fingerprint density at radius 3 is 2.63 bits per heavy atom. The lowest BCUT2D eigenvalue weighted by Gasteiger charge is -2.11. The molecular formula is C14H17N3O2. The van der Waals surface area contributed by atoms with E-state index >= 15 is 0 Å². The van der Waals surface area contributed by atoms with E-state index in [-0.39, 0.29) is 12.5 Å². The van der Waals surface area contributed by atoms with Crippen LogP contribution in [0, 0.1) is 13.8 Å². The first-order valence-electron chi connectivity index (χ1n) is 6.03. The minimum atomic E-state index is -0.103. The molecule has 5 heteroatoms. The summed E-state index contributed by atoms with van der Waals surface area (Å²) in [6, 6.07) is 7.50. The van der Waals surface area contributed by atoms with Crippen LogP contribution in [0.25, 0.3) is 0 Å². The lowest BCUT2D eigenvalue weighted by molar-refractivity contribution is -0.116. The summed E-state index contributed by atoms with van der Waals surface area (Å²) in [5.41, 5.74) is 2.70. The van der Waals surface area contributed by atoms with Gasteiger partial charge in [0.05, 0.1) is 7.11 Å². The van der Waals surface area contributed by atoms with E-state index in [1.54, 1.807) is 18.3 Å². The second-order valence-corrected chi connectivity index (χ2v) is 4.31. The van der Waals surface area contributed by atoms with Crippen LogP contribution in [-0.4, -0.2) is 22.6 Å². The van der Waals surface area contributed by atoms with Crippen LogP contribution < -0.4 is 10.1 Å². The van der Waals surface area contributed by atoms with Gasteiger partial charge in [-0.05, 0) is 38.1 Å². The Morgan fingerprint density at radius 2 is 2.00 bits per heavy atom. The molecule has 0 radical (unpaired) electrons. The minimum Gasteiger partial charge on any atom is -0.480 e. The lowest BCUT2D eigenvalue weighted by atomic mass is 10.4. The van der Waals surface area contributed by atoms with E-state index in [9.17, 15) is 4.79 Å². The van der Waals surface area contributed by atoms with Crippen LogP contribution in [0.2, 0.25) is 0 Å². The standard InChI is InChI=1S/C14H17N3O2/c1-10-6-7-11(2)17(10)9-13(18)16-12-5-4-8-15-14(12)19-3/h4-8H,9H2,1-3H3,(H,16,18). The molecule has 0 unspecified atom stereocenters. The molecule has 0 saturated carbocycles. The Hall–Kier alpha value is -2.30. The number of aryl methyl sites for hydroxylation is 2. The second kappa shape index (κ2) is 5.56. The second-order valence-electron chi connectivity index (χ2n) is 4.31. The maximum absolute atomic E-state index is 12.0. The van der Waals surface area contributed by atoms with Gasteiger partial charge in [-0.3, -0.25) is 4.79 Å². The van der Waals surface area contributed by atoms with Gasteiger partial charge in [0.2, 0.25) is 11.8 Å². The fourth-order valence-electron chi connectivity index (χ4n) is 1.93. The number of methoxy groups -OCH3 is 1. The summed E-state index contributed by atoms with van der Waals surface area (Å²) in [7, 11) is 1.53. The van der Waals surface area contributed by atoms with E-state index in [0.717, 1.165) is 11.4 Å². The molecule has 0 aliphatic heterocycles. The molecule has 0 bridgehead atoms. The highest BCUT2D eigenvalue weighted by Crippen LogP contribution is 2.19. The third-order valence-corrected chi connectivity index (χ3v) is 2.96. The number of carbonyl (C=O) groups is 1. The largest absolute Gasteiger partial charge is 0.480 e. The number of pyridine rings is 1. The zero-order chi connectivity index (χ0) is 13.8. The molecule has 2 aromatic heterocycles. The lowest BCUT2D eigenvalue weighted by Crippen LogP contribution is -2.20. The Labute approximate surface area is 112 Å². The van der Waals surface area contributed by atoms with Crippen molar-refractivity contribution in [2.45, 2.75) is 20.4 Å². The number of nitrogens with zero attached hydrogens (tertiary/aromatic N) is 2. The smallest absolute Gasteiger partial charge is 0.244 e. The highest BCUT2D eigenvalue weighted by Gasteiger charge is 2.10. The van der Waals surface area contributed by atoms with Crippen LogP contribution >= 0.6 is 0 Å². The van der Waals surface area contributed by atoms with Gasteiger partial charge in [0.1, 0.15) is 12.2 Å². The van der Waals surface area contributed by atoms with Crippen LogP contribution in [0.15, 0.2) is 30.5 Å². The molecular weight excluding hydrogens is 242 g/mol. The molecule has 0 aliphatic rings. The third-order valence-electron chi connectivity index (χ3n) is 2.96. The van der Waals surface area contributed by atoms with Gasteiger partial charge in [0, 0.05) is 17.6 Å². The predicted molar refractivity (Wildman–Crippen MR) is 73.3 cm³/mol. The highest BCUT2D eigenvalue weighted by atomic mass is 16.5. The minimum absolute atomic E-state index is 0.103. The molecule has 2 heterocycles. The molecule has 0 atom stereocenters. The van der Waals surface area contributed by atoms with Gasteiger partial charge in [-0.2, -0.15) is 0 Å². The van der Waals surface area contributed by atoms with Gasteiger partial charge >= 0.3 is 0 Å². The summed E-state index contributed by atoms with van der Waals surface area (Å²) in [5.74, 6) is 0.311. The molecule has 0 aromatic carbocycles. The molecule has 0 aliphatic carbocycles. The maximum Gasteiger partial charge on any atom is 0.244 e. The first-order valence-corrected chi connectivity index (χ1v) is 6.03. The van der Waals surface area contributed by atoms with Gasteiger partial charge in [-0.15, -0.1) is 0 Å². The fraction of sp³-hybridized carbons (Fsp3) is 0.286. The van der Waals surface area contributed by atoms with Gasteiger partial charge in [-0.25, -0.2) is 4.98 Å². The number of ether oxygens (including phenoxy) is 1. The van der Waals surface area contributed by atoms with E-state index in [1.807, 2.05) is 30.5 Å². The van der Waals surface area contributed by atoms with Crippen molar-refractivity contribution >= 4 is 11.6 Å². The van der Waals surface area contributed by atoms with Crippen LogP contribution in [0.5, 0.6) is 5.88 Å². The van der Waals surface area contributed by atoms with E-state index in [1.165, 1.54) is 7.11 Å². The third kappa shape index (κ3) is 2.93. The molecule has 0 spiro atoms. The maximum atomic E-state index is 12.0.